The Morgan fingerprint density at radius 3 is 2.59 bits per heavy atom. The van der Waals surface area contributed by atoms with Gasteiger partial charge in [-0.1, -0.05) is 30.9 Å². The number of carbonyl (C=O) groups is 2. The molecule has 1 aromatic carbocycles. The lowest BCUT2D eigenvalue weighted by atomic mass is 9.81. The van der Waals surface area contributed by atoms with Crippen molar-refractivity contribution in [1.29, 1.82) is 0 Å². The topological polar surface area (TPSA) is 120 Å². The molecule has 0 atom stereocenters. The van der Waals surface area contributed by atoms with Gasteiger partial charge in [-0.15, -0.1) is 5.10 Å². The molecule has 1 fully saturated rings. The maximum atomic E-state index is 12.0. The Labute approximate surface area is 172 Å². The molecule has 156 valence electrons. The van der Waals surface area contributed by atoms with E-state index in [2.05, 4.69) is 26.2 Å². The third-order valence-corrected chi connectivity index (χ3v) is 5.07. The number of alkyl carbamates (subject to hydrolysis) is 1. The second-order valence-corrected chi connectivity index (χ2v) is 7.19. The summed E-state index contributed by atoms with van der Waals surface area (Å²) in [6, 6.07) is 6.69. The number of aromatic nitrogens is 4. The third kappa shape index (κ3) is 5.35. The second-order valence-electron chi connectivity index (χ2n) is 6.75. The summed E-state index contributed by atoms with van der Waals surface area (Å²) in [6.45, 7) is 0.312. The summed E-state index contributed by atoms with van der Waals surface area (Å²) in [5.41, 5.74) is -0.119. The molecule has 0 bridgehead atoms. The third-order valence-electron chi connectivity index (χ3n) is 4.82. The predicted octanol–water partition coefficient (Wildman–Crippen LogP) is 3.09. The van der Waals surface area contributed by atoms with E-state index in [1.54, 1.807) is 28.9 Å². The molecule has 0 aliphatic heterocycles. The smallest absolute Gasteiger partial charge is 0.411 e. The van der Waals surface area contributed by atoms with Gasteiger partial charge in [0.1, 0.15) is 12.1 Å². The van der Waals surface area contributed by atoms with Crippen molar-refractivity contribution in [3.63, 3.8) is 0 Å². The van der Waals surface area contributed by atoms with Crippen molar-refractivity contribution >= 4 is 29.5 Å². The minimum atomic E-state index is -0.694. The van der Waals surface area contributed by atoms with Crippen LogP contribution in [0, 0.1) is 0 Å². The Morgan fingerprint density at radius 2 is 1.90 bits per heavy atom. The van der Waals surface area contributed by atoms with E-state index in [0.717, 1.165) is 19.3 Å². The molecule has 11 heteroatoms. The molecular formula is C18H23ClN6O4. The van der Waals surface area contributed by atoms with E-state index in [0.29, 0.717) is 29.4 Å². The summed E-state index contributed by atoms with van der Waals surface area (Å²) in [4.78, 5) is 23.9. The number of hydrogen-bond donors (Lipinski definition) is 2. The Hall–Kier alpha value is -2.88. The Bertz CT molecular complexity index is 835. The number of hydrogen-bond acceptors (Lipinski definition) is 7. The van der Waals surface area contributed by atoms with Crippen LogP contribution < -0.4 is 10.6 Å². The Morgan fingerprint density at radius 1 is 1.17 bits per heavy atom. The van der Waals surface area contributed by atoms with Crippen molar-refractivity contribution in [2.24, 2.45) is 0 Å². The zero-order chi connectivity index (χ0) is 20.7. The molecule has 0 saturated heterocycles. The standard InChI is InChI=1S/C18H23ClN6O4/c1-28-17(27)21-18(9-3-2-4-10-18)15-22-23-24-25(15)11-12-29-16(26)20-14-7-5-13(19)6-8-14/h5-8H,2-4,9-12H2,1H3,(H,20,26)(H,21,27). The number of carbonyl (C=O) groups excluding carboxylic acids is 2. The van der Waals surface area contributed by atoms with Gasteiger partial charge in [-0.05, 0) is 47.5 Å². The summed E-state index contributed by atoms with van der Waals surface area (Å²) >= 11 is 5.82. The van der Waals surface area contributed by atoms with Crippen molar-refractivity contribution in [2.75, 3.05) is 19.0 Å². The molecule has 0 radical (unpaired) electrons. The van der Waals surface area contributed by atoms with Crippen molar-refractivity contribution in [3.05, 3.63) is 35.1 Å². The number of rotatable bonds is 6. The zero-order valence-corrected chi connectivity index (χ0v) is 16.8. The van der Waals surface area contributed by atoms with E-state index < -0.39 is 17.7 Å². The molecule has 2 amide bonds. The molecule has 2 aromatic rings. The van der Waals surface area contributed by atoms with Gasteiger partial charge in [0, 0.05) is 10.7 Å². The van der Waals surface area contributed by atoms with Crippen LogP contribution in [0.5, 0.6) is 0 Å². The normalized spacial score (nSPS) is 15.4. The van der Waals surface area contributed by atoms with Crippen LogP contribution in [0.15, 0.2) is 24.3 Å². The van der Waals surface area contributed by atoms with Gasteiger partial charge in [-0.2, -0.15) is 0 Å². The number of benzene rings is 1. The summed E-state index contributed by atoms with van der Waals surface area (Å²) < 4.78 is 11.5. The second kappa shape index (κ2) is 9.55. The van der Waals surface area contributed by atoms with Crippen LogP contribution in [0.4, 0.5) is 15.3 Å². The number of halogens is 1. The highest BCUT2D eigenvalue weighted by Crippen LogP contribution is 2.35. The minimum absolute atomic E-state index is 0.0613. The summed E-state index contributed by atoms with van der Waals surface area (Å²) in [5, 5.41) is 18.0. The highest BCUT2D eigenvalue weighted by Gasteiger charge is 2.40. The fourth-order valence-corrected chi connectivity index (χ4v) is 3.54. The number of amides is 2. The average molecular weight is 423 g/mol. The molecule has 0 unspecified atom stereocenters. The lowest BCUT2D eigenvalue weighted by Crippen LogP contribution is -2.49. The van der Waals surface area contributed by atoms with Gasteiger partial charge in [0.05, 0.1) is 13.7 Å². The van der Waals surface area contributed by atoms with Gasteiger partial charge in [0.2, 0.25) is 0 Å². The molecule has 2 N–H and O–H groups in total. The van der Waals surface area contributed by atoms with Gasteiger partial charge in [0.25, 0.3) is 0 Å². The fraction of sp³-hybridized carbons (Fsp3) is 0.500. The first-order valence-electron chi connectivity index (χ1n) is 9.34. The van der Waals surface area contributed by atoms with Gasteiger partial charge >= 0.3 is 12.2 Å². The van der Waals surface area contributed by atoms with E-state index in [4.69, 9.17) is 21.1 Å². The van der Waals surface area contributed by atoms with Crippen molar-refractivity contribution in [1.82, 2.24) is 25.5 Å². The number of nitrogens with zero attached hydrogens (tertiary/aromatic N) is 4. The van der Waals surface area contributed by atoms with Gasteiger partial charge in [-0.25, -0.2) is 14.3 Å². The van der Waals surface area contributed by atoms with E-state index >= 15 is 0 Å². The summed E-state index contributed by atoms with van der Waals surface area (Å²) in [7, 11) is 1.32. The van der Waals surface area contributed by atoms with E-state index in [-0.39, 0.29) is 13.2 Å². The minimum Gasteiger partial charge on any atom is -0.453 e. The number of nitrogens with one attached hydrogen (secondary N) is 2. The highest BCUT2D eigenvalue weighted by molar-refractivity contribution is 6.30. The van der Waals surface area contributed by atoms with Crippen molar-refractivity contribution < 1.29 is 19.1 Å². The molecule has 29 heavy (non-hydrogen) atoms. The van der Waals surface area contributed by atoms with Crippen molar-refractivity contribution in [2.45, 2.75) is 44.2 Å². The van der Waals surface area contributed by atoms with Gasteiger partial charge in [0.15, 0.2) is 5.82 Å². The quantitative estimate of drug-likeness (QED) is 0.733. The van der Waals surface area contributed by atoms with Crippen LogP contribution >= 0.6 is 11.6 Å². The number of ether oxygens (including phenoxy) is 2. The molecule has 10 nitrogen and oxygen atoms in total. The molecule has 1 aromatic heterocycles. The Balaban J connectivity index is 1.60. The lowest BCUT2D eigenvalue weighted by molar-refractivity contribution is 0.134. The SMILES string of the molecule is COC(=O)NC1(c2nnnn2CCOC(=O)Nc2ccc(Cl)cc2)CCCCC1. The maximum Gasteiger partial charge on any atom is 0.411 e. The molecule has 0 spiro atoms. The molecule has 1 saturated carbocycles. The van der Waals surface area contributed by atoms with Crippen LogP contribution in [0.1, 0.15) is 37.9 Å². The molecule has 1 heterocycles. The molecular weight excluding hydrogens is 400 g/mol. The summed E-state index contributed by atoms with van der Waals surface area (Å²) in [6.07, 6.45) is 3.26. The maximum absolute atomic E-state index is 12.0. The molecule has 1 aliphatic carbocycles. The first kappa shape index (κ1) is 20.8. The molecule has 1 aliphatic rings. The van der Waals surface area contributed by atoms with Crippen LogP contribution in [0.25, 0.3) is 0 Å². The predicted molar refractivity (Wildman–Crippen MR) is 105 cm³/mol. The van der Waals surface area contributed by atoms with Crippen LogP contribution in [0.2, 0.25) is 5.02 Å². The van der Waals surface area contributed by atoms with Gasteiger partial charge in [-0.3, -0.25) is 5.32 Å². The van der Waals surface area contributed by atoms with Crippen LogP contribution in [-0.2, 0) is 21.6 Å². The Kier molecular flexibility index (Phi) is 6.86. The van der Waals surface area contributed by atoms with Crippen molar-refractivity contribution in [3.8, 4) is 0 Å². The average Bonchev–Trinajstić information content (AvgIpc) is 3.19. The zero-order valence-electron chi connectivity index (χ0n) is 16.1. The first-order chi connectivity index (χ1) is 14.0. The molecule has 3 rings (SSSR count). The lowest BCUT2D eigenvalue weighted by Gasteiger charge is -2.36. The first-order valence-corrected chi connectivity index (χ1v) is 9.72. The number of anilines is 1. The largest absolute Gasteiger partial charge is 0.453 e. The fourth-order valence-electron chi connectivity index (χ4n) is 3.42. The summed E-state index contributed by atoms with van der Waals surface area (Å²) in [5.74, 6) is 0.532. The number of tetrazole rings is 1. The van der Waals surface area contributed by atoms with Crippen LogP contribution in [0.3, 0.4) is 0 Å². The van der Waals surface area contributed by atoms with E-state index in [9.17, 15) is 9.59 Å². The number of methoxy groups -OCH3 is 1. The van der Waals surface area contributed by atoms with E-state index in [1.165, 1.54) is 7.11 Å². The highest BCUT2D eigenvalue weighted by atomic mass is 35.5. The monoisotopic (exact) mass is 422 g/mol. The van der Waals surface area contributed by atoms with Gasteiger partial charge < -0.3 is 14.8 Å². The van der Waals surface area contributed by atoms with Crippen LogP contribution in [-0.4, -0.2) is 46.1 Å². The van der Waals surface area contributed by atoms with E-state index in [1.807, 2.05) is 0 Å².